The molecule has 1 N–H and O–H groups in total. The third-order valence-corrected chi connectivity index (χ3v) is 2.15. The van der Waals surface area contributed by atoms with Gasteiger partial charge in [-0.05, 0) is 12.1 Å². The fourth-order valence-electron chi connectivity index (χ4n) is 1.38. The van der Waals surface area contributed by atoms with E-state index in [9.17, 15) is 4.79 Å². The molecule has 1 aromatic heterocycles. The monoisotopic (exact) mass is 210 g/mol. The molecule has 0 aliphatic carbocycles. The summed E-state index contributed by atoms with van der Waals surface area (Å²) in [5.41, 5.74) is 0.776. The quantitative estimate of drug-likeness (QED) is 0.783. The minimum Gasteiger partial charge on any atom is -0.478 e. The Hall–Kier alpha value is -1.55. The molecule has 0 saturated heterocycles. The van der Waals surface area contributed by atoms with Gasteiger partial charge in [-0.15, -0.1) is 0 Å². The third kappa shape index (κ3) is 1.33. The first-order valence-electron chi connectivity index (χ1n) is 3.94. The van der Waals surface area contributed by atoms with Crippen molar-refractivity contribution in [2.24, 2.45) is 7.05 Å². The molecule has 0 aliphatic heterocycles. The number of carbonyl (C=O) groups is 1. The first kappa shape index (κ1) is 9.02. The van der Waals surface area contributed by atoms with Crippen molar-refractivity contribution in [3.63, 3.8) is 0 Å². The molecule has 0 bridgehead atoms. The van der Waals surface area contributed by atoms with Crippen molar-refractivity contribution >= 4 is 28.5 Å². The molecule has 0 saturated carbocycles. The number of aryl methyl sites for hydroxylation is 1. The van der Waals surface area contributed by atoms with Crippen molar-refractivity contribution in [3.8, 4) is 0 Å². The number of nitrogens with zero attached hydrogens (tertiary/aromatic N) is 2. The van der Waals surface area contributed by atoms with E-state index >= 15 is 0 Å². The summed E-state index contributed by atoms with van der Waals surface area (Å²) < 4.78 is 1.56. The standard InChI is InChI=1S/C9H7ClN2O2/c1-12-4-7-6(9(13)14)2-5(10)3-8(7)11-12/h2-4H,1H3,(H,13,14). The average molecular weight is 211 g/mol. The molecule has 0 spiro atoms. The topological polar surface area (TPSA) is 55.1 Å². The normalized spacial score (nSPS) is 10.7. The van der Waals surface area contributed by atoms with Crippen LogP contribution in [0.5, 0.6) is 0 Å². The second kappa shape index (κ2) is 2.99. The van der Waals surface area contributed by atoms with E-state index in [-0.39, 0.29) is 5.56 Å². The molecule has 0 unspecified atom stereocenters. The number of rotatable bonds is 1. The molecular weight excluding hydrogens is 204 g/mol. The smallest absolute Gasteiger partial charge is 0.336 e. The fraction of sp³-hybridized carbons (Fsp3) is 0.111. The van der Waals surface area contributed by atoms with Gasteiger partial charge in [0, 0.05) is 23.7 Å². The molecule has 0 atom stereocenters. The number of aromatic nitrogens is 2. The molecule has 2 rings (SSSR count). The first-order valence-corrected chi connectivity index (χ1v) is 4.32. The minimum absolute atomic E-state index is 0.181. The number of aromatic carboxylic acids is 1. The Morgan fingerprint density at radius 2 is 2.29 bits per heavy atom. The number of fused-ring (bicyclic) bond motifs is 1. The van der Waals surface area contributed by atoms with Crippen molar-refractivity contribution in [3.05, 3.63) is 28.9 Å². The second-order valence-electron chi connectivity index (χ2n) is 2.99. The van der Waals surface area contributed by atoms with Gasteiger partial charge in [0.15, 0.2) is 0 Å². The largest absolute Gasteiger partial charge is 0.478 e. The highest BCUT2D eigenvalue weighted by Crippen LogP contribution is 2.22. The summed E-state index contributed by atoms with van der Waals surface area (Å²) in [6.45, 7) is 0. The molecule has 1 aromatic carbocycles. The van der Waals surface area contributed by atoms with Crippen molar-refractivity contribution in [2.75, 3.05) is 0 Å². The van der Waals surface area contributed by atoms with Crippen LogP contribution in [0, 0.1) is 0 Å². The van der Waals surface area contributed by atoms with E-state index in [1.54, 1.807) is 24.0 Å². The van der Waals surface area contributed by atoms with Crippen molar-refractivity contribution < 1.29 is 9.90 Å². The zero-order chi connectivity index (χ0) is 10.3. The maximum absolute atomic E-state index is 10.9. The summed E-state index contributed by atoms with van der Waals surface area (Å²) in [5, 5.41) is 14.0. The Kier molecular flexibility index (Phi) is 1.93. The van der Waals surface area contributed by atoms with Crippen LogP contribution < -0.4 is 0 Å². The number of carboxylic acids is 1. The van der Waals surface area contributed by atoms with Crippen LogP contribution in [0.2, 0.25) is 5.02 Å². The van der Waals surface area contributed by atoms with Crippen LogP contribution in [0.15, 0.2) is 18.3 Å². The predicted octanol–water partition coefficient (Wildman–Crippen LogP) is 1.92. The number of halogens is 1. The van der Waals surface area contributed by atoms with Gasteiger partial charge < -0.3 is 5.11 Å². The van der Waals surface area contributed by atoms with Crippen LogP contribution in [0.25, 0.3) is 10.9 Å². The maximum Gasteiger partial charge on any atom is 0.336 e. The number of hydrogen-bond acceptors (Lipinski definition) is 2. The molecule has 0 fully saturated rings. The zero-order valence-electron chi connectivity index (χ0n) is 7.36. The van der Waals surface area contributed by atoms with Crippen molar-refractivity contribution in [1.29, 1.82) is 0 Å². The Balaban J connectivity index is 2.85. The van der Waals surface area contributed by atoms with Gasteiger partial charge in [-0.25, -0.2) is 4.79 Å². The van der Waals surface area contributed by atoms with Gasteiger partial charge in [0.25, 0.3) is 0 Å². The molecule has 0 aliphatic rings. The second-order valence-corrected chi connectivity index (χ2v) is 3.43. The van der Waals surface area contributed by atoms with E-state index in [1.165, 1.54) is 6.07 Å². The van der Waals surface area contributed by atoms with Crippen LogP contribution in [-0.2, 0) is 7.05 Å². The third-order valence-electron chi connectivity index (χ3n) is 1.93. The first-order chi connectivity index (χ1) is 6.58. The molecule has 14 heavy (non-hydrogen) atoms. The molecular formula is C9H7ClN2O2. The van der Waals surface area contributed by atoms with Crippen LogP contribution in [-0.4, -0.2) is 20.9 Å². The van der Waals surface area contributed by atoms with Gasteiger partial charge in [-0.1, -0.05) is 11.6 Å². The summed E-state index contributed by atoms with van der Waals surface area (Å²) >= 11 is 5.76. The van der Waals surface area contributed by atoms with Crippen LogP contribution in [0.4, 0.5) is 0 Å². The molecule has 72 valence electrons. The Morgan fingerprint density at radius 1 is 1.57 bits per heavy atom. The highest BCUT2D eigenvalue weighted by molar-refractivity contribution is 6.32. The summed E-state index contributed by atoms with van der Waals surface area (Å²) in [6, 6.07) is 3.07. The van der Waals surface area contributed by atoms with Gasteiger partial charge >= 0.3 is 5.97 Å². The van der Waals surface area contributed by atoms with E-state index in [0.717, 1.165) is 0 Å². The lowest BCUT2D eigenvalue weighted by Crippen LogP contribution is -1.96. The molecule has 0 amide bonds. The van der Waals surface area contributed by atoms with Crippen molar-refractivity contribution in [2.45, 2.75) is 0 Å². The van der Waals surface area contributed by atoms with Crippen LogP contribution >= 0.6 is 11.6 Å². The van der Waals surface area contributed by atoms with E-state index in [2.05, 4.69) is 5.10 Å². The summed E-state index contributed by atoms with van der Waals surface area (Å²) in [7, 11) is 1.74. The number of hydrogen-bond donors (Lipinski definition) is 1. The highest BCUT2D eigenvalue weighted by atomic mass is 35.5. The van der Waals surface area contributed by atoms with Crippen molar-refractivity contribution in [1.82, 2.24) is 9.78 Å². The van der Waals surface area contributed by atoms with Crippen LogP contribution in [0.1, 0.15) is 10.4 Å². The number of carboxylic acid groups (broad SMARTS) is 1. The Labute approximate surface area is 84.7 Å². The van der Waals surface area contributed by atoms with E-state index in [1.807, 2.05) is 0 Å². The number of benzene rings is 1. The molecule has 5 heteroatoms. The summed E-state index contributed by atoms with van der Waals surface area (Å²) in [5.74, 6) is -0.995. The highest BCUT2D eigenvalue weighted by Gasteiger charge is 2.12. The molecule has 4 nitrogen and oxygen atoms in total. The lowest BCUT2D eigenvalue weighted by atomic mass is 10.1. The minimum atomic E-state index is -0.995. The summed E-state index contributed by atoms with van der Waals surface area (Å²) in [6.07, 6.45) is 1.66. The fourth-order valence-corrected chi connectivity index (χ4v) is 1.60. The SMILES string of the molecule is Cn1cc2c(C(=O)O)cc(Cl)cc2n1. The van der Waals surface area contributed by atoms with Gasteiger partial charge in [0.05, 0.1) is 11.1 Å². The zero-order valence-corrected chi connectivity index (χ0v) is 8.12. The Morgan fingerprint density at radius 3 is 2.93 bits per heavy atom. The summed E-state index contributed by atoms with van der Waals surface area (Å²) in [4.78, 5) is 10.9. The van der Waals surface area contributed by atoms with E-state index < -0.39 is 5.97 Å². The molecule has 0 radical (unpaired) electrons. The van der Waals surface area contributed by atoms with E-state index in [0.29, 0.717) is 15.9 Å². The maximum atomic E-state index is 10.9. The van der Waals surface area contributed by atoms with Gasteiger partial charge in [0.2, 0.25) is 0 Å². The van der Waals surface area contributed by atoms with Gasteiger partial charge in [-0.2, -0.15) is 5.10 Å². The van der Waals surface area contributed by atoms with E-state index in [4.69, 9.17) is 16.7 Å². The lowest BCUT2D eigenvalue weighted by Gasteiger charge is -1.96. The molecule has 1 heterocycles. The van der Waals surface area contributed by atoms with Crippen LogP contribution in [0.3, 0.4) is 0 Å². The van der Waals surface area contributed by atoms with Gasteiger partial charge in [0.1, 0.15) is 0 Å². The van der Waals surface area contributed by atoms with Gasteiger partial charge in [-0.3, -0.25) is 4.68 Å². The Bertz CT molecular complexity index is 519. The predicted molar refractivity (Wildman–Crippen MR) is 52.7 cm³/mol. The molecule has 2 aromatic rings. The average Bonchev–Trinajstić information content (AvgIpc) is 2.42. The lowest BCUT2D eigenvalue weighted by molar-refractivity contribution is 0.0699.